The van der Waals surface area contributed by atoms with Gasteiger partial charge < -0.3 is 4.98 Å². The summed E-state index contributed by atoms with van der Waals surface area (Å²) in [6.45, 7) is 4.13. The molecule has 1 aromatic carbocycles. The predicted octanol–water partition coefficient (Wildman–Crippen LogP) is 3.71. The Balaban J connectivity index is 2.60. The van der Waals surface area contributed by atoms with E-state index in [4.69, 9.17) is 0 Å². The predicted molar refractivity (Wildman–Crippen MR) is 76.7 cm³/mol. The maximum atomic E-state index is 11.9. The lowest BCUT2D eigenvalue weighted by atomic mass is 10.1. The van der Waals surface area contributed by atoms with Crippen LogP contribution < -0.4 is 5.56 Å². The highest BCUT2D eigenvalue weighted by molar-refractivity contribution is 9.10. The first-order chi connectivity index (χ1) is 8.63. The number of benzene rings is 1. The van der Waals surface area contributed by atoms with Gasteiger partial charge in [0.15, 0.2) is 0 Å². The Morgan fingerprint density at radius 1 is 1.33 bits per heavy atom. The molecule has 2 aromatic rings. The van der Waals surface area contributed by atoms with Gasteiger partial charge >= 0.3 is 0 Å². The monoisotopic (exact) mass is 306 g/mol. The Bertz CT molecular complexity index is 592. The number of hydrogen-bond donors (Lipinski definition) is 1. The number of aromatic amines is 1. The third-order valence-electron chi connectivity index (χ3n) is 3.01. The van der Waals surface area contributed by atoms with Crippen LogP contribution in [0, 0.1) is 0 Å². The minimum atomic E-state index is -0.126. The van der Waals surface area contributed by atoms with Gasteiger partial charge in [-0.15, -0.1) is 0 Å². The Hall–Kier alpha value is -1.42. The molecule has 1 unspecified atom stereocenters. The van der Waals surface area contributed by atoms with E-state index in [0.717, 1.165) is 17.8 Å². The van der Waals surface area contributed by atoms with Crippen molar-refractivity contribution in [2.45, 2.75) is 26.2 Å². The van der Waals surface area contributed by atoms with E-state index in [9.17, 15) is 4.79 Å². The van der Waals surface area contributed by atoms with Crippen LogP contribution in [0.5, 0.6) is 0 Å². The fourth-order valence-electron chi connectivity index (χ4n) is 1.69. The smallest absolute Gasteiger partial charge is 0.265 e. The van der Waals surface area contributed by atoms with Crippen molar-refractivity contribution in [3.8, 4) is 11.3 Å². The summed E-state index contributed by atoms with van der Waals surface area (Å²) in [6.07, 6.45) is 0.943. The quantitative estimate of drug-likeness (QED) is 0.939. The van der Waals surface area contributed by atoms with Gasteiger partial charge in [0.25, 0.3) is 5.56 Å². The maximum Gasteiger partial charge on any atom is 0.265 e. The fraction of sp³-hybridized carbons (Fsp3) is 0.286. The first kappa shape index (κ1) is 13.0. The van der Waals surface area contributed by atoms with Crippen LogP contribution in [0.15, 0.2) is 39.6 Å². The minimum absolute atomic E-state index is 0.126. The second-order valence-electron chi connectivity index (χ2n) is 4.29. The SMILES string of the molecule is CCC(C)c1nc(-c2ccccc2)c(Br)c(=O)[nH]1. The first-order valence-electron chi connectivity index (χ1n) is 5.98. The van der Waals surface area contributed by atoms with Gasteiger partial charge in [-0.3, -0.25) is 4.79 Å². The molecule has 0 spiro atoms. The average molecular weight is 307 g/mol. The molecule has 0 aliphatic rings. The summed E-state index contributed by atoms with van der Waals surface area (Å²) in [5, 5.41) is 0. The van der Waals surface area contributed by atoms with Gasteiger partial charge in [0.2, 0.25) is 0 Å². The Kier molecular flexibility index (Phi) is 3.97. The number of hydrogen-bond acceptors (Lipinski definition) is 2. The second kappa shape index (κ2) is 5.48. The van der Waals surface area contributed by atoms with E-state index in [-0.39, 0.29) is 11.5 Å². The normalized spacial score (nSPS) is 12.4. The molecular weight excluding hydrogens is 292 g/mol. The van der Waals surface area contributed by atoms with Crippen LogP contribution in [-0.2, 0) is 0 Å². The number of halogens is 1. The molecule has 0 fully saturated rings. The second-order valence-corrected chi connectivity index (χ2v) is 5.08. The molecule has 18 heavy (non-hydrogen) atoms. The van der Waals surface area contributed by atoms with E-state index in [0.29, 0.717) is 10.2 Å². The molecule has 0 aliphatic carbocycles. The lowest BCUT2D eigenvalue weighted by Gasteiger charge is -2.11. The molecule has 1 N–H and O–H groups in total. The molecule has 94 valence electrons. The van der Waals surface area contributed by atoms with Crippen LogP contribution in [0.25, 0.3) is 11.3 Å². The lowest BCUT2D eigenvalue weighted by Crippen LogP contribution is -2.15. The highest BCUT2D eigenvalue weighted by Crippen LogP contribution is 2.24. The third kappa shape index (κ3) is 2.53. The zero-order valence-electron chi connectivity index (χ0n) is 10.4. The molecule has 1 aromatic heterocycles. The van der Waals surface area contributed by atoms with Crippen molar-refractivity contribution in [2.75, 3.05) is 0 Å². The van der Waals surface area contributed by atoms with E-state index < -0.39 is 0 Å². The summed E-state index contributed by atoms with van der Waals surface area (Å²) in [5.41, 5.74) is 1.52. The molecule has 0 radical (unpaired) electrons. The van der Waals surface area contributed by atoms with Crippen molar-refractivity contribution in [3.05, 3.63) is 51.0 Å². The molecule has 1 atom stereocenters. The molecule has 4 heteroatoms. The first-order valence-corrected chi connectivity index (χ1v) is 6.78. The van der Waals surface area contributed by atoms with Gasteiger partial charge in [0, 0.05) is 11.5 Å². The summed E-state index contributed by atoms with van der Waals surface area (Å²) in [4.78, 5) is 19.3. The minimum Gasteiger partial charge on any atom is -0.309 e. The summed E-state index contributed by atoms with van der Waals surface area (Å²) < 4.78 is 0.487. The topological polar surface area (TPSA) is 45.8 Å². The highest BCUT2D eigenvalue weighted by Gasteiger charge is 2.13. The van der Waals surface area contributed by atoms with Crippen molar-refractivity contribution >= 4 is 15.9 Å². The van der Waals surface area contributed by atoms with E-state index >= 15 is 0 Å². The molecule has 0 amide bonds. The number of nitrogens with zero attached hydrogens (tertiary/aromatic N) is 1. The standard InChI is InChI=1S/C14H15BrN2O/c1-3-9(2)13-16-12(11(15)14(18)17-13)10-7-5-4-6-8-10/h4-9H,3H2,1-2H3,(H,16,17,18). The van der Waals surface area contributed by atoms with Gasteiger partial charge in [0.1, 0.15) is 10.3 Å². The third-order valence-corrected chi connectivity index (χ3v) is 3.74. The number of aromatic nitrogens is 2. The van der Waals surface area contributed by atoms with Crippen LogP contribution >= 0.6 is 15.9 Å². The van der Waals surface area contributed by atoms with Crippen LogP contribution in [-0.4, -0.2) is 9.97 Å². The van der Waals surface area contributed by atoms with Crippen molar-refractivity contribution in [2.24, 2.45) is 0 Å². The number of H-pyrrole nitrogens is 1. The number of rotatable bonds is 3. The molecule has 3 nitrogen and oxygen atoms in total. The summed E-state index contributed by atoms with van der Waals surface area (Å²) in [5.74, 6) is 0.984. The Labute approximate surface area is 114 Å². The van der Waals surface area contributed by atoms with E-state index in [1.807, 2.05) is 30.3 Å². The summed E-state index contributed by atoms with van der Waals surface area (Å²) in [6, 6.07) is 9.72. The van der Waals surface area contributed by atoms with Gasteiger partial charge in [-0.05, 0) is 22.4 Å². The van der Waals surface area contributed by atoms with Crippen molar-refractivity contribution in [1.82, 2.24) is 9.97 Å². The molecule has 0 saturated heterocycles. The zero-order valence-corrected chi connectivity index (χ0v) is 12.0. The zero-order chi connectivity index (χ0) is 13.1. The van der Waals surface area contributed by atoms with Gasteiger partial charge in [-0.25, -0.2) is 4.98 Å². The van der Waals surface area contributed by atoms with E-state index in [1.165, 1.54) is 0 Å². The van der Waals surface area contributed by atoms with Crippen molar-refractivity contribution < 1.29 is 0 Å². The molecule has 0 bridgehead atoms. The van der Waals surface area contributed by atoms with Crippen LogP contribution in [0.1, 0.15) is 32.0 Å². The molecule has 2 rings (SSSR count). The van der Waals surface area contributed by atoms with Gasteiger partial charge in [-0.1, -0.05) is 44.2 Å². The Morgan fingerprint density at radius 2 is 2.00 bits per heavy atom. The largest absolute Gasteiger partial charge is 0.309 e. The average Bonchev–Trinajstić information content (AvgIpc) is 2.41. The van der Waals surface area contributed by atoms with Gasteiger partial charge in [-0.2, -0.15) is 0 Å². The summed E-state index contributed by atoms with van der Waals surface area (Å²) in [7, 11) is 0. The molecule has 1 heterocycles. The molecule has 0 saturated carbocycles. The Morgan fingerprint density at radius 3 is 2.61 bits per heavy atom. The van der Waals surface area contributed by atoms with Crippen molar-refractivity contribution in [3.63, 3.8) is 0 Å². The summed E-state index contributed by atoms with van der Waals surface area (Å²) >= 11 is 3.32. The lowest BCUT2D eigenvalue weighted by molar-refractivity contribution is 0.674. The van der Waals surface area contributed by atoms with Crippen LogP contribution in [0.4, 0.5) is 0 Å². The maximum absolute atomic E-state index is 11.9. The van der Waals surface area contributed by atoms with Gasteiger partial charge in [0.05, 0.1) is 5.69 Å². The van der Waals surface area contributed by atoms with E-state index in [1.54, 1.807) is 0 Å². The van der Waals surface area contributed by atoms with Crippen LogP contribution in [0.2, 0.25) is 0 Å². The molecule has 0 aliphatic heterocycles. The molecular formula is C14H15BrN2O. The van der Waals surface area contributed by atoms with E-state index in [2.05, 4.69) is 39.7 Å². The fourth-order valence-corrected chi connectivity index (χ4v) is 2.11. The van der Waals surface area contributed by atoms with Crippen molar-refractivity contribution in [1.29, 1.82) is 0 Å². The number of nitrogens with one attached hydrogen (secondary N) is 1. The van der Waals surface area contributed by atoms with Crippen LogP contribution in [0.3, 0.4) is 0 Å². The highest BCUT2D eigenvalue weighted by atomic mass is 79.9.